The molecule has 1 saturated heterocycles. The van der Waals surface area contributed by atoms with Gasteiger partial charge in [0.2, 0.25) is 0 Å². The number of carbonyl (C=O) groups is 2. The average Bonchev–Trinajstić information content (AvgIpc) is 2.01. The zero-order chi connectivity index (χ0) is 10.6. The quantitative estimate of drug-likeness (QED) is 0.647. The summed E-state index contributed by atoms with van der Waals surface area (Å²) in [6.07, 6.45) is -1.13. The van der Waals surface area contributed by atoms with Gasteiger partial charge in [0.1, 0.15) is 6.61 Å². The highest BCUT2D eigenvalue weighted by Gasteiger charge is 2.31. The number of nitrogens with zero attached hydrogens (tertiary/aromatic N) is 1. The maximum absolute atomic E-state index is 10.8. The summed E-state index contributed by atoms with van der Waals surface area (Å²) in [6, 6.07) is 0. The molecule has 0 atom stereocenters. The number of likely N-dealkylation sites (tertiary alicyclic amines) is 1. The lowest BCUT2D eigenvalue weighted by atomic mass is 10.2. The van der Waals surface area contributed by atoms with Gasteiger partial charge in [0.15, 0.2) is 0 Å². The van der Waals surface area contributed by atoms with Crippen LogP contribution < -0.4 is 0 Å². The molecule has 1 N–H and O–H groups in total. The first-order valence-electron chi connectivity index (χ1n) is 4.38. The predicted octanol–water partition coefficient (Wildman–Crippen LogP) is -0.0717. The molecule has 0 unspecified atom stereocenters. The third-order valence-corrected chi connectivity index (χ3v) is 1.86. The summed E-state index contributed by atoms with van der Waals surface area (Å²) in [5.74, 6) is -0.415. The lowest BCUT2D eigenvalue weighted by Gasteiger charge is -2.36. The molecule has 0 radical (unpaired) electrons. The van der Waals surface area contributed by atoms with E-state index in [-0.39, 0.29) is 12.7 Å². The number of hydrogen-bond acceptors (Lipinski definition) is 4. The van der Waals surface area contributed by atoms with Crippen LogP contribution in [0.15, 0.2) is 0 Å². The number of hydrogen-bond donors (Lipinski definition) is 1. The molecular weight excluding hydrogens is 190 g/mol. The minimum absolute atomic E-state index is 0.105. The molecule has 0 spiro atoms. The average molecular weight is 203 g/mol. The van der Waals surface area contributed by atoms with E-state index in [2.05, 4.69) is 4.74 Å². The molecule has 0 saturated carbocycles. The largest absolute Gasteiger partial charge is 0.465 e. The Balaban J connectivity index is 2.06. The maximum Gasteiger partial charge on any atom is 0.407 e. The fourth-order valence-electron chi connectivity index (χ4n) is 1.09. The molecule has 1 heterocycles. The van der Waals surface area contributed by atoms with Crippen LogP contribution in [0.5, 0.6) is 0 Å². The summed E-state index contributed by atoms with van der Waals surface area (Å²) in [7, 11) is 0. The Kier molecular flexibility index (Phi) is 3.70. The Hall–Kier alpha value is -1.30. The van der Waals surface area contributed by atoms with E-state index in [1.165, 1.54) is 4.90 Å². The standard InChI is InChI=1S/C8H13NO5/c1-2-13-7(10)5-14-6-3-9(4-6)8(11)12/h6H,2-5H2,1H3,(H,11,12). The molecule has 0 aliphatic carbocycles. The van der Waals surface area contributed by atoms with E-state index in [9.17, 15) is 9.59 Å². The number of rotatable bonds is 4. The van der Waals surface area contributed by atoms with Gasteiger partial charge >= 0.3 is 12.1 Å². The zero-order valence-corrected chi connectivity index (χ0v) is 7.93. The van der Waals surface area contributed by atoms with Gasteiger partial charge in [0.05, 0.1) is 25.8 Å². The van der Waals surface area contributed by atoms with Gasteiger partial charge < -0.3 is 19.5 Å². The van der Waals surface area contributed by atoms with Crippen molar-refractivity contribution in [3.63, 3.8) is 0 Å². The van der Waals surface area contributed by atoms with E-state index in [1.54, 1.807) is 6.92 Å². The van der Waals surface area contributed by atoms with Crippen LogP contribution in [-0.2, 0) is 14.3 Å². The summed E-state index contributed by atoms with van der Waals surface area (Å²) < 4.78 is 9.73. The molecule has 1 rings (SSSR count). The Morgan fingerprint density at radius 2 is 2.14 bits per heavy atom. The molecule has 0 aromatic rings. The van der Waals surface area contributed by atoms with Crippen LogP contribution in [0.25, 0.3) is 0 Å². The molecule has 14 heavy (non-hydrogen) atoms. The summed E-state index contributed by atoms with van der Waals surface area (Å²) >= 11 is 0. The van der Waals surface area contributed by atoms with Crippen molar-refractivity contribution in [2.24, 2.45) is 0 Å². The number of carboxylic acid groups (broad SMARTS) is 1. The summed E-state index contributed by atoms with van der Waals surface area (Å²) in [5, 5.41) is 8.49. The van der Waals surface area contributed by atoms with Crippen LogP contribution in [0.4, 0.5) is 4.79 Å². The van der Waals surface area contributed by atoms with E-state index in [1.807, 2.05) is 0 Å². The minimum Gasteiger partial charge on any atom is -0.465 e. The molecule has 6 nitrogen and oxygen atoms in total. The van der Waals surface area contributed by atoms with Gasteiger partial charge in [-0.2, -0.15) is 0 Å². The number of amides is 1. The molecule has 6 heteroatoms. The van der Waals surface area contributed by atoms with Crippen LogP contribution in [0.2, 0.25) is 0 Å². The van der Waals surface area contributed by atoms with Crippen molar-refractivity contribution in [3.8, 4) is 0 Å². The summed E-state index contributed by atoms with van der Waals surface area (Å²) in [5.41, 5.74) is 0. The normalized spacial score (nSPS) is 16.2. The van der Waals surface area contributed by atoms with E-state index < -0.39 is 12.1 Å². The van der Waals surface area contributed by atoms with Gasteiger partial charge in [-0.05, 0) is 6.92 Å². The highest BCUT2D eigenvalue weighted by Crippen LogP contribution is 2.11. The van der Waals surface area contributed by atoms with Crippen LogP contribution in [0, 0.1) is 0 Å². The van der Waals surface area contributed by atoms with E-state index in [0.717, 1.165) is 0 Å². The van der Waals surface area contributed by atoms with Crippen LogP contribution in [-0.4, -0.2) is 54.5 Å². The molecule has 1 aliphatic heterocycles. The molecule has 80 valence electrons. The fraction of sp³-hybridized carbons (Fsp3) is 0.750. The molecule has 1 aliphatic rings. The van der Waals surface area contributed by atoms with Crippen molar-refractivity contribution in [1.29, 1.82) is 0 Å². The number of esters is 1. The second-order valence-electron chi connectivity index (χ2n) is 2.93. The van der Waals surface area contributed by atoms with Crippen molar-refractivity contribution in [2.45, 2.75) is 13.0 Å². The lowest BCUT2D eigenvalue weighted by Crippen LogP contribution is -2.54. The van der Waals surface area contributed by atoms with E-state index in [0.29, 0.717) is 19.7 Å². The highest BCUT2D eigenvalue weighted by molar-refractivity contribution is 5.70. The zero-order valence-electron chi connectivity index (χ0n) is 7.93. The van der Waals surface area contributed by atoms with Gasteiger partial charge in [-0.25, -0.2) is 9.59 Å². The smallest absolute Gasteiger partial charge is 0.407 e. The van der Waals surface area contributed by atoms with Gasteiger partial charge in [-0.15, -0.1) is 0 Å². The Morgan fingerprint density at radius 3 is 2.64 bits per heavy atom. The molecule has 0 aromatic carbocycles. The first-order valence-corrected chi connectivity index (χ1v) is 4.38. The minimum atomic E-state index is -0.957. The van der Waals surface area contributed by atoms with E-state index >= 15 is 0 Å². The van der Waals surface area contributed by atoms with Crippen LogP contribution in [0.1, 0.15) is 6.92 Å². The predicted molar refractivity (Wildman–Crippen MR) is 46.0 cm³/mol. The second kappa shape index (κ2) is 4.80. The van der Waals surface area contributed by atoms with Crippen molar-refractivity contribution < 1.29 is 24.2 Å². The van der Waals surface area contributed by atoms with Gasteiger partial charge in [0.25, 0.3) is 0 Å². The van der Waals surface area contributed by atoms with Crippen molar-refractivity contribution in [2.75, 3.05) is 26.3 Å². The molecular formula is C8H13NO5. The molecule has 0 aromatic heterocycles. The summed E-state index contributed by atoms with van der Waals surface area (Å²) in [4.78, 5) is 22.4. The Bertz CT molecular complexity index is 224. The Morgan fingerprint density at radius 1 is 1.50 bits per heavy atom. The third kappa shape index (κ3) is 2.88. The number of ether oxygens (including phenoxy) is 2. The van der Waals surface area contributed by atoms with Gasteiger partial charge in [0, 0.05) is 0 Å². The lowest BCUT2D eigenvalue weighted by molar-refractivity contribution is -0.153. The van der Waals surface area contributed by atoms with Gasteiger partial charge in [-0.1, -0.05) is 0 Å². The maximum atomic E-state index is 10.8. The monoisotopic (exact) mass is 203 g/mol. The van der Waals surface area contributed by atoms with Crippen LogP contribution >= 0.6 is 0 Å². The SMILES string of the molecule is CCOC(=O)COC1CN(C(=O)O)C1. The topological polar surface area (TPSA) is 76.1 Å². The van der Waals surface area contributed by atoms with Crippen molar-refractivity contribution in [1.82, 2.24) is 4.90 Å². The van der Waals surface area contributed by atoms with E-state index in [4.69, 9.17) is 9.84 Å². The van der Waals surface area contributed by atoms with Crippen molar-refractivity contribution in [3.05, 3.63) is 0 Å². The molecule has 0 bridgehead atoms. The fourth-order valence-corrected chi connectivity index (χ4v) is 1.09. The summed E-state index contributed by atoms with van der Waals surface area (Å²) in [6.45, 7) is 2.59. The highest BCUT2D eigenvalue weighted by atomic mass is 16.6. The van der Waals surface area contributed by atoms with Crippen molar-refractivity contribution >= 4 is 12.1 Å². The van der Waals surface area contributed by atoms with Gasteiger partial charge in [-0.3, -0.25) is 0 Å². The third-order valence-electron chi connectivity index (χ3n) is 1.86. The first kappa shape index (κ1) is 10.8. The molecule has 1 fully saturated rings. The number of carbonyl (C=O) groups excluding carboxylic acids is 1. The molecule has 1 amide bonds. The van der Waals surface area contributed by atoms with Crippen LogP contribution in [0.3, 0.4) is 0 Å². The second-order valence-corrected chi connectivity index (χ2v) is 2.93. The Labute approximate surface area is 81.4 Å². The first-order chi connectivity index (χ1) is 6.63.